The molecule has 0 N–H and O–H groups in total. The van der Waals surface area contributed by atoms with Gasteiger partial charge < -0.3 is 0 Å². The van der Waals surface area contributed by atoms with Crippen molar-refractivity contribution in [2.75, 3.05) is 13.1 Å². The van der Waals surface area contributed by atoms with Crippen LogP contribution in [0.4, 0.5) is 13.2 Å². The van der Waals surface area contributed by atoms with Crippen LogP contribution in [-0.4, -0.2) is 38.2 Å². The van der Waals surface area contributed by atoms with Gasteiger partial charge in [0.2, 0.25) is 0 Å². The Morgan fingerprint density at radius 3 is 2.64 bits per heavy atom. The summed E-state index contributed by atoms with van der Waals surface area (Å²) >= 11 is 0. The van der Waals surface area contributed by atoms with E-state index < -0.39 is 17.8 Å². The molecule has 0 aliphatic carbocycles. The average Bonchev–Trinajstić information content (AvgIpc) is 3.12. The van der Waals surface area contributed by atoms with E-state index in [9.17, 15) is 13.2 Å². The van der Waals surface area contributed by atoms with Crippen LogP contribution >= 0.6 is 0 Å². The highest BCUT2D eigenvalue weighted by Crippen LogP contribution is 2.36. The summed E-state index contributed by atoms with van der Waals surface area (Å²) in [6.07, 6.45) is -1.45. The summed E-state index contributed by atoms with van der Waals surface area (Å²) in [4.78, 5) is 2.22. The molecule has 1 aromatic carbocycles. The van der Waals surface area contributed by atoms with Crippen LogP contribution in [0.15, 0.2) is 24.3 Å². The number of rotatable bonds is 5. The molecule has 0 spiro atoms. The molecule has 0 bridgehead atoms. The van der Waals surface area contributed by atoms with Gasteiger partial charge in [0, 0.05) is 6.54 Å². The van der Waals surface area contributed by atoms with Gasteiger partial charge in [-0.05, 0) is 73.7 Å². The maximum absolute atomic E-state index is 13.3. The van der Waals surface area contributed by atoms with Crippen LogP contribution in [0, 0.1) is 5.92 Å². The van der Waals surface area contributed by atoms with E-state index in [1.165, 1.54) is 12.1 Å². The maximum Gasteiger partial charge on any atom is 0.416 e. The highest BCUT2D eigenvalue weighted by atomic mass is 19.4. The van der Waals surface area contributed by atoms with Crippen molar-refractivity contribution in [3.05, 3.63) is 41.2 Å². The molecule has 0 unspecified atom stereocenters. The first-order valence-corrected chi connectivity index (χ1v) is 9.83. The van der Waals surface area contributed by atoms with Crippen molar-refractivity contribution >= 4 is 0 Å². The molecule has 1 fully saturated rings. The van der Waals surface area contributed by atoms with Gasteiger partial charge in [-0.1, -0.05) is 26.0 Å². The van der Waals surface area contributed by atoms with Gasteiger partial charge in [-0.15, -0.1) is 5.10 Å². The number of aromatic nitrogens is 4. The Morgan fingerprint density at radius 1 is 1.25 bits per heavy atom. The minimum Gasteiger partial charge on any atom is -0.289 e. The number of tetrazole rings is 1. The third-order valence-corrected chi connectivity index (χ3v) is 5.76. The van der Waals surface area contributed by atoms with E-state index in [0.29, 0.717) is 17.3 Å². The van der Waals surface area contributed by atoms with Crippen molar-refractivity contribution in [1.82, 2.24) is 25.1 Å². The predicted octanol–water partition coefficient (Wildman–Crippen LogP) is 4.66. The number of halogens is 3. The molecule has 1 aliphatic heterocycles. The molecule has 5 nitrogen and oxygen atoms in total. The zero-order valence-corrected chi connectivity index (χ0v) is 16.9. The SMILES string of the molecule is CCC(C)(C)n1nnnc1[C@H](c1cccc(C(F)(F)F)c1)N1CCC[C@H](C)C1. The van der Waals surface area contributed by atoms with E-state index >= 15 is 0 Å². The van der Waals surface area contributed by atoms with E-state index in [0.717, 1.165) is 38.4 Å². The van der Waals surface area contributed by atoms with Crippen LogP contribution in [0.2, 0.25) is 0 Å². The Bertz CT molecular complexity index is 799. The van der Waals surface area contributed by atoms with Gasteiger partial charge >= 0.3 is 6.18 Å². The fraction of sp³-hybridized carbons (Fsp3) is 0.650. The summed E-state index contributed by atoms with van der Waals surface area (Å²) in [6.45, 7) is 9.91. The normalized spacial score (nSPS) is 20.3. The number of hydrogen-bond acceptors (Lipinski definition) is 4. The number of piperidine rings is 1. The largest absolute Gasteiger partial charge is 0.416 e. The van der Waals surface area contributed by atoms with Gasteiger partial charge in [0.15, 0.2) is 5.82 Å². The second kappa shape index (κ2) is 7.81. The van der Waals surface area contributed by atoms with Crippen molar-refractivity contribution in [3.63, 3.8) is 0 Å². The van der Waals surface area contributed by atoms with Gasteiger partial charge in [0.05, 0.1) is 17.1 Å². The second-order valence-corrected chi connectivity index (χ2v) is 8.38. The summed E-state index contributed by atoms with van der Waals surface area (Å²) < 4.78 is 41.8. The van der Waals surface area contributed by atoms with Crippen molar-refractivity contribution in [3.8, 4) is 0 Å². The Kier molecular flexibility index (Phi) is 5.79. The van der Waals surface area contributed by atoms with E-state index in [1.54, 1.807) is 10.7 Å². The number of hydrogen-bond donors (Lipinski definition) is 0. The lowest BCUT2D eigenvalue weighted by Crippen LogP contribution is -2.41. The highest BCUT2D eigenvalue weighted by Gasteiger charge is 2.36. The van der Waals surface area contributed by atoms with Gasteiger partial charge in [-0.3, -0.25) is 4.90 Å². The minimum absolute atomic E-state index is 0.333. The lowest BCUT2D eigenvalue weighted by Gasteiger charge is -2.38. The fourth-order valence-corrected chi connectivity index (χ4v) is 3.81. The molecule has 1 aliphatic rings. The first-order valence-electron chi connectivity index (χ1n) is 9.83. The Balaban J connectivity index is 2.11. The number of alkyl halides is 3. The summed E-state index contributed by atoms with van der Waals surface area (Å²) in [5.74, 6) is 1.07. The molecule has 154 valence electrons. The molecule has 0 amide bonds. The standard InChI is InChI=1S/C20H28F3N5/c1-5-19(3,4)28-18(24-25-26-28)17(27-11-7-8-14(2)13-27)15-9-6-10-16(12-15)20(21,22)23/h6,9-10,12,14,17H,5,7-8,11,13H2,1-4H3/t14-,17-/m0/s1. The van der Waals surface area contributed by atoms with Gasteiger partial charge in [0.25, 0.3) is 0 Å². The van der Waals surface area contributed by atoms with E-state index in [1.807, 2.05) is 20.8 Å². The molecule has 0 saturated carbocycles. The average molecular weight is 395 g/mol. The number of nitrogens with zero attached hydrogens (tertiary/aromatic N) is 5. The third-order valence-electron chi connectivity index (χ3n) is 5.76. The summed E-state index contributed by atoms with van der Waals surface area (Å²) in [5.41, 5.74) is -0.402. The van der Waals surface area contributed by atoms with Crippen molar-refractivity contribution in [1.29, 1.82) is 0 Å². The lowest BCUT2D eigenvalue weighted by atomic mass is 9.94. The molecule has 1 aromatic heterocycles. The first-order chi connectivity index (χ1) is 13.1. The Hall–Kier alpha value is -1.96. The monoisotopic (exact) mass is 395 g/mol. The van der Waals surface area contributed by atoms with Crippen LogP contribution in [0.3, 0.4) is 0 Å². The molecule has 3 rings (SSSR count). The topological polar surface area (TPSA) is 46.8 Å². The second-order valence-electron chi connectivity index (χ2n) is 8.38. The third kappa shape index (κ3) is 4.21. The van der Waals surface area contributed by atoms with Crippen LogP contribution in [0.1, 0.15) is 70.0 Å². The van der Waals surface area contributed by atoms with Gasteiger partial charge in [-0.25, -0.2) is 4.68 Å². The molecular weight excluding hydrogens is 367 g/mol. The van der Waals surface area contributed by atoms with E-state index in [-0.39, 0.29) is 5.54 Å². The summed E-state index contributed by atoms with van der Waals surface area (Å²) in [6, 6.07) is 5.15. The maximum atomic E-state index is 13.3. The Labute approximate surface area is 163 Å². The smallest absolute Gasteiger partial charge is 0.289 e. The van der Waals surface area contributed by atoms with E-state index in [4.69, 9.17) is 0 Å². The van der Waals surface area contributed by atoms with Gasteiger partial charge in [-0.2, -0.15) is 13.2 Å². The molecular formula is C20H28F3N5. The summed E-state index contributed by atoms with van der Waals surface area (Å²) in [5, 5.41) is 12.4. The zero-order valence-electron chi connectivity index (χ0n) is 16.9. The minimum atomic E-state index is -4.38. The highest BCUT2D eigenvalue weighted by molar-refractivity contribution is 5.31. The molecule has 8 heteroatoms. The number of likely N-dealkylation sites (tertiary alicyclic amines) is 1. The number of benzene rings is 1. The molecule has 2 aromatic rings. The molecule has 28 heavy (non-hydrogen) atoms. The Morgan fingerprint density at radius 2 is 2.00 bits per heavy atom. The van der Waals surface area contributed by atoms with Crippen LogP contribution < -0.4 is 0 Å². The molecule has 2 atom stereocenters. The van der Waals surface area contributed by atoms with Crippen LogP contribution in [-0.2, 0) is 11.7 Å². The zero-order chi connectivity index (χ0) is 20.5. The van der Waals surface area contributed by atoms with Crippen LogP contribution in [0.5, 0.6) is 0 Å². The first kappa shape index (κ1) is 20.8. The van der Waals surface area contributed by atoms with Crippen molar-refractivity contribution in [2.24, 2.45) is 5.92 Å². The van der Waals surface area contributed by atoms with Crippen LogP contribution in [0.25, 0.3) is 0 Å². The van der Waals surface area contributed by atoms with E-state index in [2.05, 4.69) is 27.3 Å². The molecule has 2 heterocycles. The lowest BCUT2D eigenvalue weighted by molar-refractivity contribution is -0.137. The fourth-order valence-electron chi connectivity index (χ4n) is 3.81. The van der Waals surface area contributed by atoms with Crippen molar-refractivity contribution in [2.45, 2.75) is 64.7 Å². The summed E-state index contributed by atoms with van der Waals surface area (Å²) in [7, 11) is 0. The molecule has 0 radical (unpaired) electrons. The molecule has 1 saturated heterocycles. The quantitative estimate of drug-likeness (QED) is 0.739. The van der Waals surface area contributed by atoms with Gasteiger partial charge in [0.1, 0.15) is 0 Å². The predicted molar refractivity (Wildman–Crippen MR) is 101 cm³/mol. The van der Waals surface area contributed by atoms with Crippen molar-refractivity contribution < 1.29 is 13.2 Å².